The second-order valence-corrected chi connectivity index (χ2v) is 9.14. The van der Waals surface area contributed by atoms with E-state index in [9.17, 15) is 23.1 Å². The molecule has 1 saturated heterocycles. The Bertz CT molecular complexity index is 751. The van der Waals surface area contributed by atoms with E-state index in [0.717, 1.165) is 7.88 Å². The molecular weight excluding hydrogens is 461 g/mol. The minimum atomic E-state index is -3.94. The number of rotatable bonds is 5. The third kappa shape index (κ3) is 4.68. The maximum atomic E-state index is 12.8. The highest BCUT2D eigenvalue weighted by Gasteiger charge is 2.41. The number of nitrogens with zero attached hydrogens (tertiary/aromatic N) is 3. The Morgan fingerprint density at radius 1 is 1.24 bits per heavy atom. The third-order valence-corrected chi connectivity index (χ3v) is 6.48. The van der Waals surface area contributed by atoms with E-state index in [-0.39, 0.29) is 37.0 Å². The van der Waals surface area contributed by atoms with E-state index in [0.29, 0.717) is 0 Å². The summed E-state index contributed by atoms with van der Waals surface area (Å²) in [4.78, 5) is 26.9. The first kappa shape index (κ1) is 20.1. The summed E-state index contributed by atoms with van der Waals surface area (Å²) in [7, 11) is -0.464. The fourth-order valence-electron chi connectivity index (χ4n) is 2.59. The van der Waals surface area contributed by atoms with Crippen LogP contribution in [0.4, 0.5) is 0 Å². The predicted octanol–water partition coefficient (Wildman–Crippen LogP) is 0.139. The Labute approximate surface area is 160 Å². The van der Waals surface area contributed by atoms with Crippen molar-refractivity contribution in [2.24, 2.45) is 0 Å². The zero-order valence-corrected chi connectivity index (χ0v) is 16.9. The van der Waals surface area contributed by atoms with Gasteiger partial charge >= 0.3 is 5.97 Å². The van der Waals surface area contributed by atoms with Gasteiger partial charge in [-0.3, -0.25) is 9.59 Å². The number of carbonyl (C=O) groups excluding carboxylic acids is 1. The number of likely N-dealkylation sites (N-methyl/N-ethyl adjacent to an activating group) is 1. The first-order chi connectivity index (χ1) is 11.6. The van der Waals surface area contributed by atoms with E-state index < -0.39 is 22.0 Å². The first-order valence-corrected chi connectivity index (χ1v) is 10.1. The molecule has 10 heteroatoms. The average Bonchev–Trinajstić information content (AvgIpc) is 2.54. The molecule has 2 rings (SSSR count). The van der Waals surface area contributed by atoms with E-state index in [2.05, 4.69) is 22.6 Å². The fourth-order valence-corrected chi connectivity index (χ4v) is 4.52. The molecule has 0 bridgehead atoms. The van der Waals surface area contributed by atoms with Crippen molar-refractivity contribution in [3.8, 4) is 0 Å². The van der Waals surface area contributed by atoms with Crippen LogP contribution in [0.25, 0.3) is 0 Å². The zero-order chi connectivity index (χ0) is 18.8. The van der Waals surface area contributed by atoms with Gasteiger partial charge in [0.2, 0.25) is 15.9 Å². The Hall–Kier alpha value is -1.24. The van der Waals surface area contributed by atoms with Crippen LogP contribution in [0, 0.1) is 3.57 Å². The molecule has 0 aliphatic carbocycles. The van der Waals surface area contributed by atoms with Gasteiger partial charge in [-0.05, 0) is 61.0 Å². The summed E-state index contributed by atoms with van der Waals surface area (Å²) in [6.07, 6.45) is 0. The topological polar surface area (TPSA) is 98.2 Å². The molecule has 1 fully saturated rings. The van der Waals surface area contributed by atoms with Gasteiger partial charge in [0.15, 0.2) is 0 Å². The molecule has 138 valence electrons. The number of sulfonamides is 1. The van der Waals surface area contributed by atoms with Crippen LogP contribution in [0.2, 0.25) is 0 Å². The number of carboxylic acids is 1. The monoisotopic (exact) mass is 481 g/mol. The number of piperazine rings is 1. The molecule has 0 aromatic heterocycles. The second kappa shape index (κ2) is 7.98. The van der Waals surface area contributed by atoms with Crippen molar-refractivity contribution in [2.45, 2.75) is 10.9 Å². The molecule has 1 heterocycles. The summed E-state index contributed by atoms with van der Waals surface area (Å²) in [5.41, 5.74) is 0. The molecule has 1 aliphatic rings. The van der Waals surface area contributed by atoms with Gasteiger partial charge in [0.1, 0.15) is 6.04 Å². The standard InChI is InChI=1S/C15H20IN3O5S/c1-17(2)10-14(20)18-7-8-19(13(9-18)15(21)22)25(23,24)12-5-3-11(16)4-6-12/h3-6,13H,7-10H2,1-2H3,(H,21,22). The van der Waals surface area contributed by atoms with Crippen LogP contribution >= 0.6 is 22.6 Å². The molecule has 1 unspecified atom stereocenters. The summed E-state index contributed by atoms with van der Waals surface area (Å²) >= 11 is 2.06. The summed E-state index contributed by atoms with van der Waals surface area (Å²) in [6, 6.07) is 4.92. The van der Waals surface area contributed by atoms with Gasteiger partial charge in [-0.15, -0.1) is 0 Å². The molecule has 25 heavy (non-hydrogen) atoms. The average molecular weight is 481 g/mol. The lowest BCUT2D eigenvalue weighted by Gasteiger charge is -2.38. The maximum absolute atomic E-state index is 12.8. The van der Waals surface area contributed by atoms with Crippen molar-refractivity contribution in [3.05, 3.63) is 27.8 Å². The number of carbonyl (C=O) groups is 2. The van der Waals surface area contributed by atoms with Crippen LogP contribution in [0.5, 0.6) is 0 Å². The molecular formula is C15H20IN3O5S. The SMILES string of the molecule is CN(C)CC(=O)N1CCN(S(=O)(=O)c2ccc(I)cc2)C(C(=O)O)C1. The van der Waals surface area contributed by atoms with Crippen molar-refractivity contribution in [1.29, 1.82) is 0 Å². The van der Waals surface area contributed by atoms with Crippen LogP contribution in [-0.4, -0.2) is 85.8 Å². The summed E-state index contributed by atoms with van der Waals surface area (Å²) in [5.74, 6) is -1.49. The predicted molar refractivity (Wildman–Crippen MR) is 99.6 cm³/mol. The summed E-state index contributed by atoms with van der Waals surface area (Å²) < 4.78 is 27.5. The molecule has 0 spiro atoms. The largest absolute Gasteiger partial charge is 0.480 e. The smallest absolute Gasteiger partial charge is 0.323 e. The van der Waals surface area contributed by atoms with Crippen LogP contribution < -0.4 is 0 Å². The number of carboxylic acid groups (broad SMARTS) is 1. The Kier molecular flexibility index (Phi) is 6.40. The molecule has 1 amide bonds. The Morgan fingerprint density at radius 2 is 1.84 bits per heavy atom. The maximum Gasteiger partial charge on any atom is 0.323 e. The van der Waals surface area contributed by atoms with Crippen molar-refractivity contribution in [2.75, 3.05) is 40.3 Å². The minimum absolute atomic E-state index is 0.0484. The van der Waals surface area contributed by atoms with E-state index in [1.165, 1.54) is 17.0 Å². The minimum Gasteiger partial charge on any atom is -0.480 e. The van der Waals surface area contributed by atoms with Gasteiger partial charge in [0.05, 0.1) is 11.4 Å². The Morgan fingerprint density at radius 3 is 2.36 bits per heavy atom. The molecule has 0 saturated carbocycles. The van der Waals surface area contributed by atoms with Gasteiger partial charge in [-0.25, -0.2) is 8.42 Å². The van der Waals surface area contributed by atoms with E-state index in [1.54, 1.807) is 31.1 Å². The zero-order valence-electron chi connectivity index (χ0n) is 13.9. The number of hydrogen-bond donors (Lipinski definition) is 1. The highest BCUT2D eigenvalue weighted by Crippen LogP contribution is 2.22. The molecule has 1 aromatic carbocycles. The van der Waals surface area contributed by atoms with Crippen molar-refractivity contribution in [1.82, 2.24) is 14.1 Å². The number of halogens is 1. The van der Waals surface area contributed by atoms with Gasteiger partial charge in [0.25, 0.3) is 0 Å². The van der Waals surface area contributed by atoms with Gasteiger partial charge in [0, 0.05) is 23.2 Å². The number of aliphatic carboxylic acids is 1. The van der Waals surface area contributed by atoms with Crippen LogP contribution in [0.1, 0.15) is 0 Å². The van der Waals surface area contributed by atoms with Gasteiger partial charge < -0.3 is 14.9 Å². The van der Waals surface area contributed by atoms with Crippen molar-refractivity contribution in [3.63, 3.8) is 0 Å². The van der Waals surface area contributed by atoms with Crippen molar-refractivity contribution < 1.29 is 23.1 Å². The highest BCUT2D eigenvalue weighted by atomic mass is 127. The molecule has 0 radical (unpaired) electrons. The number of hydrogen-bond acceptors (Lipinski definition) is 5. The Balaban J connectivity index is 2.25. The number of amides is 1. The fraction of sp³-hybridized carbons (Fsp3) is 0.467. The number of benzene rings is 1. The lowest BCUT2D eigenvalue weighted by molar-refractivity contribution is -0.145. The van der Waals surface area contributed by atoms with E-state index >= 15 is 0 Å². The van der Waals surface area contributed by atoms with Gasteiger partial charge in [-0.1, -0.05) is 0 Å². The quantitative estimate of drug-likeness (QED) is 0.601. The van der Waals surface area contributed by atoms with Crippen LogP contribution in [-0.2, 0) is 19.6 Å². The van der Waals surface area contributed by atoms with E-state index in [1.807, 2.05) is 0 Å². The van der Waals surface area contributed by atoms with Gasteiger partial charge in [-0.2, -0.15) is 4.31 Å². The summed E-state index contributed by atoms with van der Waals surface area (Å²) in [6.45, 7) is 0.103. The first-order valence-electron chi connectivity index (χ1n) is 7.55. The molecule has 1 N–H and O–H groups in total. The summed E-state index contributed by atoms with van der Waals surface area (Å²) in [5, 5.41) is 9.49. The lowest BCUT2D eigenvalue weighted by Crippen LogP contribution is -2.60. The third-order valence-electron chi connectivity index (χ3n) is 3.84. The lowest BCUT2D eigenvalue weighted by atomic mass is 10.2. The molecule has 1 aromatic rings. The highest BCUT2D eigenvalue weighted by molar-refractivity contribution is 14.1. The molecule has 1 atom stereocenters. The normalized spacial score (nSPS) is 19.2. The van der Waals surface area contributed by atoms with Crippen LogP contribution in [0.3, 0.4) is 0 Å². The van der Waals surface area contributed by atoms with E-state index in [4.69, 9.17) is 0 Å². The second-order valence-electron chi connectivity index (χ2n) is 6.00. The molecule has 1 aliphatic heterocycles. The molecule has 8 nitrogen and oxygen atoms in total. The van der Waals surface area contributed by atoms with Crippen LogP contribution in [0.15, 0.2) is 29.2 Å². The van der Waals surface area contributed by atoms with Crippen molar-refractivity contribution >= 4 is 44.5 Å².